The Morgan fingerprint density at radius 2 is 1.92 bits per heavy atom. The minimum Gasteiger partial charge on any atom is -0.508 e. The number of hydrogen-bond acceptors (Lipinski definition) is 5. The Bertz CT molecular complexity index is 848. The molecule has 0 aliphatic carbocycles. The van der Waals surface area contributed by atoms with Gasteiger partial charge in [-0.05, 0) is 42.3 Å². The second-order valence-electron chi connectivity index (χ2n) is 5.74. The van der Waals surface area contributed by atoms with E-state index in [0.717, 1.165) is 5.01 Å². The second kappa shape index (κ2) is 6.27. The van der Waals surface area contributed by atoms with E-state index in [4.69, 9.17) is 4.74 Å². The Balaban J connectivity index is 1.86. The highest BCUT2D eigenvalue weighted by Gasteiger charge is 2.49. The molecule has 128 valence electrons. The smallest absolute Gasteiger partial charge is 0.346 e. The highest BCUT2D eigenvalue weighted by molar-refractivity contribution is 6.07. The van der Waals surface area contributed by atoms with Gasteiger partial charge >= 0.3 is 6.03 Å². The number of aromatic hydroxyl groups is 1. The maximum Gasteiger partial charge on any atom is 0.346 e. The first-order chi connectivity index (χ1) is 11.9. The van der Waals surface area contributed by atoms with Crippen LogP contribution in [0.2, 0.25) is 0 Å². The van der Waals surface area contributed by atoms with Crippen molar-refractivity contribution in [1.29, 1.82) is 0 Å². The summed E-state index contributed by atoms with van der Waals surface area (Å²) in [6, 6.07) is 12.6. The van der Waals surface area contributed by atoms with Crippen LogP contribution in [0.25, 0.3) is 0 Å². The number of phenolic OH excluding ortho intramolecular Hbond substituents is 1. The van der Waals surface area contributed by atoms with Crippen molar-refractivity contribution in [2.24, 2.45) is 5.10 Å². The van der Waals surface area contributed by atoms with Gasteiger partial charge < -0.3 is 15.2 Å². The van der Waals surface area contributed by atoms with Gasteiger partial charge in [0.05, 0.1) is 13.3 Å². The van der Waals surface area contributed by atoms with Gasteiger partial charge in [0.2, 0.25) is 0 Å². The van der Waals surface area contributed by atoms with Crippen molar-refractivity contribution in [2.45, 2.75) is 12.5 Å². The van der Waals surface area contributed by atoms with E-state index >= 15 is 0 Å². The number of hydrogen-bond donors (Lipinski definition) is 2. The molecule has 25 heavy (non-hydrogen) atoms. The molecule has 1 aliphatic rings. The number of phenols is 1. The molecule has 0 bridgehead atoms. The number of methoxy groups -OCH3 is 1. The third kappa shape index (κ3) is 3.03. The Labute approximate surface area is 144 Å². The predicted molar refractivity (Wildman–Crippen MR) is 91.4 cm³/mol. The zero-order chi connectivity index (χ0) is 18.0. The van der Waals surface area contributed by atoms with Gasteiger partial charge in [0.1, 0.15) is 17.0 Å². The summed E-state index contributed by atoms with van der Waals surface area (Å²) in [5.41, 5.74) is -0.0140. The molecule has 3 amide bonds. The van der Waals surface area contributed by atoms with Gasteiger partial charge in [-0.1, -0.05) is 24.3 Å². The van der Waals surface area contributed by atoms with E-state index in [9.17, 15) is 14.7 Å². The minimum atomic E-state index is -1.21. The zero-order valence-electron chi connectivity index (χ0n) is 13.8. The largest absolute Gasteiger partial charge is 0.508 e. The van der Waals surface area contributed by atoms with E-state index in [0.29, 0.717) is 16.9 Å². The Hall–Kier alpha value is -3.35. The van der Waals surface area contributed by atoms with E-state index in [1.165, 1.54) is 18.3 Å². The number of benzene rings is 2. The average Bonchev–Trinajstić information content (AvgIpc) is 2.83. The quantitative estimate of drug-likeness (QED) is 0.660. The molecule has 0 saturated carbocycles. The molecule has 0 unspecified atom stereocenters. The van der Waals surface area contributed by atoms with Crippen LogP contribution in [0.5, 0.6) is 11.5 Å². The first kappa shape index (κ1) is 16.5. The number of urea groups is 1. The fourth-order valence-electron chi connectivity index (χ4n) is 2.58. The lowest BCUT2D eigenvalue weighted by Crippen LogP contribution is -2.40. The van der Waals surface area contributed by atoms with Crippen LogP contribution < -0.4 is 10.1 Å². The minimum absolute atomic E-state index is 0.0734. The summed E-state index contributed by atoms with van der Waals surface area (Å²) in [4.78, 5) is 24.9. The monoisotopic (exact) mass is 339 g/mol. The van der Waals surface area contributed by atoms with E-state index in [2.05, 4.69) is 10.4 Å². The molecule has 0 radical (unpaired) electrons. The lowest BCUT2D eigenvalue weighted by Gasteiger charge is -2.21. The summed E-state index contributed by atoms with van der Waals surface area (Å²) in [6.45, 7) is 1.62. The van der Waals surface area contributed by atoms with Crippen molar-refractivity contribution in [2.75, 3.05) is 7.11 Å². The Morgan fingerprint density at radius 1 is 1.20 bits per heavy atom. The van der Waals surface area contributed by atoms with E-state index in [1.807, 2.05) is 0 Å². The number of amides is 3. The highest BCUT2D eigenvalue weighted by Crippen LogP contribution is 2.30. The molecule has 2 N–H and O–H groups in total. The molecule has 1 aliphatic heterocycles. The fraction of sp³-hybridized carbons (Fsp3) is 0.167. The van der Waals surface area contributed by atoms with Crippen LogP contribution in [0.3, 0.4) is 0 Å². The van der Waals surface area contributed by atoms with Crippen LogP contribution in [-0.4, -0.2) is 35.4 Å². The number of carbonyl (C=O) groups excluding carboxylic acids is 2. The number of rotatable bonds is 4. The van der Waals surface area contributed by atoms with Crippen molar-refractivity contribution >= 4 is 18.2 Å². The van der Waals surface area contributed by atoms with Gasteiger partial charge in [-0.2, -0.15) is 5.10 Å². The number of hydrazone groups is 1. The van der Waals surface area contributed by atoms with E-state index in [-0.39, 0.29) is 5.75 Å². The summed E-state index contributed by atoms with van der Waals surface area (Å²) < 4.78 is 5.10. The van der Waals surface area contributed by atoms with Crippen molar-refractivity contribution < 1.29 is 19.4 Å². The molecule has 3 rings (SSSR count). The molecule has 1 fully saturated rings. The number of nitrogens with one attached hydrogen (secondary N) is 1. The molecular weight excluding hydrogens is 322 g/mol. The van der Waals surface area contributed by atoms with Crippen LogP contribution in [0, 0.1) is 0 Å². The van der Waals surface area contributed by atoms with E-state index < -0.39 is 17.5 Å². The first-order valence-electron chi connectivity index (χ1n) is 7.58. The van der Waals surface area contributed by atoms with Crippen LogP contribution >= 0.6 is 0 Å². The third-order valence-electron chi connectivity index (χ3n) is 4.03. The molecule has 0 aromatic heterocycles. The topological polar surface area (TPSA) is 91.2 Å². The van der Waals surface area contributed by atoms with Crippen LogP contribution in [-0.2, 0) is 10.3 Å². The Morgan fingerprint density at radius 3 is 2.56 bits per heavy atom. The third-order valence-corrected chi connectivity index (χ3v) is 4.03. The molecule has 7 heteroatoms. The van der Waals surface area contributed by atoms with Gasteiger partial charge in [0.25, 0.3) is 5.91 Å². The normalized spacial score (nSPS) is 20.2. The maximum atomic E-state index is 12.7. The molecular formula is C18H17N3O4. The van der Waals surface area contributed by atoms with Crippen molar-refractivity contribution in [1.82, 2.24) is 10.3 Å². The molecule has 1 atom stereocenters. The SMILES string of the molecule is COc1ccc([C@@]2(C)NC(=O)N(N=Cc3cccc(O)c3)C2=O)cc1. The number of carbonyl (C=O) groups is 2. The van der Waals surface area contributed by atoms with Gasteiger partial charge in [-0.15, -0.1) is 5.01 Å². The molecule has 2 aromatic carbocycles. The first-order valence-corrected chi connectivity index (χ1v) is 7.58. The number of nitrogens with zero attached hydrogens (tertiary/aromatic N) is 2. The van der Waals surface area contributed by atoms with Crippen molar-refractivity contribution in [3.8, 4) is 11.5 Å². The number of ether oxygens (including phenoxy) is 1. The summed E-state index contributed by atoms with van der Waals surface area (Å²) in [5, 5.41) is 16.9. The molecule has 1 saturated heterocycles. The summed E-state index contributed by atoms with van der Waals surface area (Å²) in [7, 11) is 1.55. The van der Waals surface area contributed by atoms with E-state index in [1.54, 1.807) is 50.4 Å². The number of imide groups is 1. The molecule has 0 spiro atoms. The molecule has 7 nitrogen and oxygen atoms in total. The zero-order valence-corrected chi connectivity index (χ0v) is 13.8. The Kier molecular flexibility index (Phi) is 4.14. The van der Waals surface area contributed by atoms with Crippen LogP contribution in [0.4, 0.5) is 4.79 Å². The lowest BCUT2D eigenvalue weighted by molar-refractivity contribution is -0.131. The van der Waals surface area contributed by atoms with Gasteiger partial charge in [0, 0.05) is 0 Å². The lowest BCUT2D eigenvalue weighted by atomic mass is 9.92. The average molecular weight is 339 g/mol. The van der Waals surface area contributed by atoms with Crippen LogP contribution in [0.1, 0.15) is 18.1 Å². The van der Waals surface area contributed by atoms with Gasteiger partial charge in [0.15, 0.2) is 0 Å². The van der Waals surface area contributed by atoms with Gasteiger partial charge in [-0.3, -0.25) is 4.79 Å². The maximum absolute atomic E-state index is 12.7. The molecule has 2 aromatic rings. The highest BCUT2D eigenvalue weighted by atomic mass is 16.5. The summed E-state index contributed by atoms with van der Waals surface area (Å²) in [6.07, 6.45) is 1.34. The predicted octanol–water partition coefficient (Wildman–Crippen LogP) is 2.20. The van der Waals surface area contributed by atoms with Gasteiger partial charge in [-0.25, -0.2) is 4.79 Å². The standard InChI is InChI=1S/C18H17N3O4/c1-18(13-6-8-15(25-2)9-7-13)16(23)21(17(24)20-18)19-11-12-4-3-5-14(22)10-12/h3-11,22H,1-2H3,(H,20,24)/t18-/m1/s1. The van der Waals surface area contributed by atoms with Crippen molar-refractivity contribution in [3.63, 3.8) is 0 Å². The summed E-state index contributed by atoms with van der Waals surface area (Å²) in [5.74, 6) is 0.242. The second-order valence-corrected chi connectivity index (χ2v) is 5.74. The van der Waals surface area contributed by atoms with Crippen LogP contribution in [0.15, 0.2) is 53.6 Å². The summed E-state index contributed by atoms with van der Waals surface area (Å²) >= 11 is 0. The van der Waals surface area contributed by atoms with Crippen molar-refractivity contribution in [3.05, 3.63) is 59.7 Å². The fourth-order valence-corrected chi connectivity index (χ4v) is 2.58. The molecule has 1 heterocycles.